The Morgan fingerprint density at radius 1 is 1.07 bits per heavy atom. The Morgan fingerprint density at radius 2 is 1.82 bits per heavy atom. The first-order valence-electron chi connectivity index (χ1n) is 9.76. The molecule has 1 aliphatic rings. The van der Waals surface area contributed by atoms with Crippen LogP contribution in [0.5, 0.6) is 0 Å². The number of carbonyl (C=O) groups is 1. The molecule has 1 atom stereocenters. The number of benzene rings is 2. The largest absolute Gasteiger partial charge is 0.345 e. The molecule has 6 heteroatoms. The molecule has 0 spiro atoms. The number of rotatable bonds is 5. The van der Waals surface area contributed by atoms with Crippen LogP contribution in [0, 0.1) is 12.8 Å². The van der Waals surface area contributed by atoms with E-state index in [-0.39, 0.29) is 23.6 Å². The minimum atomic E-state index is -3.30. The maximum absolute atomic E-state index is 13.0. The van der Waals surface area contributed by atoms with Gasteiger partial charge >= 0.3 is 0 Å². The molecule has 0 bridgehead atoms. The number of nitrogens with zero attached hydrogens (tertiary/aromatic N) is 1. The minimum absolute atomic E-state index is 0.115. The number of nitrogens with one attached hydrogen (secondary N) is 1. The number of sulfonamides is 1. The molecule has 5 nitrogen and oxygen atoms in total. The van der Waals surface area contributed by atoms with Gasteiger partial charge in [0.15, 0.2) is 0 Å². The van der Waals surface area contributed by atoms with E-state index in [1.807, 2.05) is 31.2 Å². The lowest BCUT2D eigenvalue weighted by Crippen LogP contribution is -2.38. The number of hydrogen-bond donors (Lipinski definition) is 1. The van der Waals surface area contributed by atoms with Gasteiger partial charge in [-0.3, -0.25) is 9.10 Å². The summed E-state index contributed by atoms with van der Waals surface area (Å²) in [6.45, 7) is 6.66. The van der Waals surface area contributed by atoms with Crippen LogP contribution in [0.1, 0.15) is 54.2 Å². The van der Waals surface area contributed by atoms with E-state index in [0.717, 1.165) is 17.5 Å². The summed E-state index contributed by atoms with van der Waals surface area (Å²) in [6.07, 6.45) is 1.52. The molecule has 0 saturated carbocycles. The highest BCUT2D eigenvalue weighted by atomic mass is 32.2. The van der Waals surface area contributed by atoms with Crippen LogP contribution in [-0.4, -0.2) is 26.6 Å². The highest BCUT2D eigenvalue weighted by Crippen LogP contribution is 2.27. The molecule has 0 radical (unpaired) electrons. The molecule has 2 aromatic carbocycles. The van der Waals surface area contributed by atoms with E-state index < -0.39 is 10.0 Å². The molecule has 1 heterocycles. The Kier molecular flexibility index (Phi) is 6.08. The molecule has 150 valence electrons. The van der Waals surface area contributed by atoms with Crippen LogP contribution < -0.4 is 9.62 Å². The van der Waals surface area contributed by atoms with Crippen LogP contribution in [0.3, 0.4) is 0 Å². The fourth-order valence-corrected chi connectivity index (χ4v) is 5.28. The van der Waals surface area contributed by atoms with Gasteiger partial charge in [0.25, 0.3) is 5.91 Å². The second kappa shape index (κ2) is 8.35. The molecule has 0 aliphatic carbocycles. The molecular formula is C22H28N2O3S. The van der Waals surface area contributed by atoms with E-state index in [4.69, 9.17) is 0 Å². The highest BCUT2D eigenvalue weighted by molar-refractivity contribution is 7.92. The van der Waals surface area contributed by atoms with E-state index in [2.05, 4.69) is 19.2 Å². The summed E-state index contributed by atoms with van der Waals surface area (Å²) in [5.74, 6) is 0.181. The maximum atomic E-state index is 13.0. The van der Waals surface area contributed by atoms with Crippen molar-refractivity contribution in [2.45, 2.75) is 39.7 Å². The SMILES string of the molecule is Cc1ccccc1C(NC(=O)c1cccc(N2CCCCS2(=O)=O)c1)C(C)C. The van der Waals surface area contributed by atoms with Crippen LogP contribution in [0.2, 0.25) is 0 Å². The van der Waals surface area contributed by atoms with Crippen molar-refractivity contribution in [1.29, 1.82) is 0 Å². The second-order valence-electron chi connectivity index (χ2n) is 7.70. The van der Waals surface area contributed by atoms with Gasteiger partial charge in [-0.15, -0.1) is 0 Å². The normalized spacial score (nSPS) is 17.4. The third kappa shape index (κ3) is 4.38. The summed E-state index contributed by atoms with van der Waals surface area (Å²) in [5.41, 5.74) is 3.26. The van der Waals surface area contributed by atoms with Crippen molar-refractivity contribution in [3.63, 3.8) is 0 Å². The van der Waals surface area contributed by atoms with Crippen molar-refractivity contribution in [2.75, 3.05) is 16.6 Å². The predicted molar refractivity (Wildman–Crippen MR) is 113 cm³/mol. The van der Waals surface area contributed by atoms with Gasteiger partial charge in [-0.25, -0.2) is 8.42 Å². The average Bonchev–Trinajstić information content (AvgIpc) is 2.66. The summed E-state index contributed by atoms with van der Waals surface area (Å²) in [5, 5.41) is 3.13. The van der Waals surface area contributed by atoms with Crippen molar-refractivity contribution in [1.82, 2.24) is 5.32 Å². The van der Waals surface area contributed by atoms with Gasteiger partial charge in [0, 0.05) is 12.1 Å². The number of hydrogen-bond acceptors (Lipinski definition) is 3. The summed E-state index contributed by atoms with van der Waals surface area (Å²) in [6, 6.07) is 14.8. The Morgan fingerprint density at radius 3 is 2.50 bits per heavy atom. The van der Waals surface area contributed by atoms with Crippen molar-refractivity contribution >= 4 is 21.6 Å². The minimum Gasteiger partial charge on any atom is -0.345 e. The third-order valence-electron chi connectivity index (χ3n) is 5.22. The van der Waals surface area contributed by atoms with Crippen LogP contribution in [0.15, 0.2) is 48.5 Å². The highest BCUT2D eigenvalue weighted by Gasteiger charge is 2.27. The molecule has 1 aliphatic heterocycles. The number of amides is 1. The summed E-state index contributed by atoms with van der Waals surface area (Å²) in [4.78, 5) is 13.0. The van der Waals surface area contributed by atoms with Crippen molar-refractivity contribution in [2.24, 2.45) is 5.92 Å². The summed E-state index contributed by atoms with van der Waals surface area (Å²) >= 11 is 0. The Hall–Kier alpha value is -2.34. The second-order valence-corrected chi connectivity index (χ2v) is 9.71. The van der Waals surface area contributed by atoms with Gasteiger partial charge in [0.2, 0.25) is 10.0 Å². The van der Waals surface area contributed by atoms with E-state index in [9.17, 15) is 13.2 Å². The molecule has 1 unspecified atom stereocenters. The van der Waals surface area contributed by atoms with Crippen molar-refractivity contribution in [3.8, 4) is 0 Å². The Bertz CT molecular complexity index is 954. The zero-order valence-corrected chi connectivity index (χ0v) is 17.5. The zero-order valence-electron chi connectivity index (χ0n) is 16.7. The van der Waals surface area contributed by atoms with Gasteiger partial charge in [-0.2, -0.15) is 0 Å². The van der Waals surface area contributed by atoms with Crippen LogP contribution in [0.4, 0.5) is 5.69 Å². The Balaban J connectivity index is 1.85. The van der Waals surface area contributed by atoms with E-state index in [1.165, 1.54) is 4.31 Å². The molecule has 1 amide bonds. The van der Waals surface area contributed by atoms with Crippen LogP contribution >= 0.6 is 0 Å². The topological polar surface area (TPSA) is 66.5 Å². The third-order valence-corrected chi connectivity index (χ3v) is 7.09. The van der Waals surface area contributed by atoms with Gasteiger partial charge in [0.1, 0.15) is 0 Å². The fraction of sp³-hybridized carbons (Fsp3) is 0.409. The Labute approximate surface area is 167 Å². The van der Waals surface area contributed by atoms with Crippen molar-refractivity contribution < 1.29 is 13.2 Å². The van der Waals surface area contributed by atoms with Gasteiger partial charge in [-0.1, -0.05) is 44.2 Å². The first-order valence-corrected chi connectivity index (χ1v) is 11.4. The molecule has 1 fully saturated rings. The predicted octanol–water partition coefficient (Wildman–Crippen LogP) is 4.05. The lowest BCUT2D eigenvalue weighted by Gasteiger charge is -2.29. The maximum Gasteiger partial charge on any atom is 0.251 e. The van der Waals surface area contributed by atoms with Crippen LogP contribution in [0.25, 0.3) is 0 Å². The van der Waals surface area contributed by atoms with E-state index >= 15 is 0 Å². The van der Waals surface area contributed by atoms with Gasteiger partial charge in [-0.05, 0) is 55.0 Å². The van der Waals surface area contributed by atoms with Gasteiger partial charge in [0.05, 0.1) is 17.5 Å². The number of aryl methyl sites for hydroxylation is 1. The summed E-state index contributed by atoms with van der Waals surface area (Å²) < 4.78 is 26.2. The zero-order chi connectivity index (χ0) is 20.3. The summed E-state index contributed by atoms with van der Waals surface area (Å²) in [7, 11) is -3.30. The number of carbonyl (C=O) groups excluding carboxylic acids is 1. The molecule has 2 aromatic rings. The van der Waals surface area contributed by atoms with Crippen molar-refractivity contribution in [3.05, 3.63) is 65.2 Å². The van der Waals surface area contributed by atoms with E-state index in [0.29, 0.717) is 24.2 Å². The smallest absolute Gasteiger partial charge is 0.251 e. The lowest BCUT2D eigenvalue weighted by molar-refractivity contribution is 0.0925. The molecule has 1 saturated heterocycles. The molecule has 3 rings (SSSR count). The van der Waals surface area contributed by atoms with E-state index in [1.54, 1.807) is 24.3 Å². The van der Waals surface area contributed by atoms with Crippen LogP contribution in [-0.2, 0) is 10.0 Å². The quantitative estimate of drug-likeness (QED) is 0.823. The first kappa shape index (κ1) is 20.4. The molecule has 0 aromatic heterocycles. The first-order chi connectivity index (χ1) is 13.3. The molecule has 28 heavy (non-hydrogen) atoms. The monoisotopic (exact) mass is 400 g/mol. The molecular weight excluding hydrogens is 372 g/mol. The average molecular weight is 401 g/mol. The fourth-order valence-electron chi connectivity index (χ4n) is 3.64. The lowest BCUT2D eigenvalue weighted by atomic mass is 9.92. The number of anilines is 1. The van der Waals surface area contributed by atoms with Gasteiger partial charge < -0.3 is 5.32 Å². The standard InChI is InChI=1S/C22H28N2O3S/c1-16(2)21(20-12-5-4-9-17(20)3)23-22(25)18-10-8-11-19(15-18)24-13-6-7-14-28(24,26)27/h4-5,8-12,15-16,21H,6-7,13-14H2,1-3H3,(H,23,25). The molecule has 1 N–H and O–H groups in total.